The second-order valence-corrected chi connectivity index (χ2v) is 4.01. The molecule has 0 spiro atoms. The minimum Gasteiger partial charge on any atom is -0.460 e. The van der Waals surface area contributed by atoms with Gasteiger partial charge in [0.25, 0.3) is 0 Å². The largest absolute Gasteiger partial charge is 0.460 e. The summed E-state index contributed by atoms with van der Waals surface area (Å²) < 4.78 is 5.85. The summed E-state index contributed by atoms with van der Waals surface area (Å²) in [4.78, 5) is 11.7. The van der Waals surface area contributed by atoms with Gasteiger partial charge in [0.15, 0.2) is 5.76 Å². The van der Waals surface area contributed by atoms with E-state index in [0.717, 1.165) is 17.3 Å². The summed E-state index contributed by atoms with van der Waals surface area (Å²) in [5, 5.41) is 0. The molecule has 0 fully saturated rings. The van der Waals surface area contributed by atoms with Gasteiger partial charge in [-0.25, -0.2) is 0 Å². The van der Waals surface area contributed by atoms with E-state index in [2.05, 4.69) is 22.9 Å². The number of hydrogen-bond acceptors (Lipinski definition) is 2. The maximum absolute atomic E-state index is 11.7. The topological polar surface area (TPSA) is 30.2 Å². The van der Waals surface area contributed by atoms with Crippen molar-refractivity contribution >= 4 is 21.7 Å². The molecule has 2 nitrogen and oxygen atoms in total. The molecule has 0 aromatic carbocycles. The van der Waals surface area contributed by atoms with Gasteiger partial charge in [-0.3, -0.25) is 4.79 Å². The van der Waals surface area contributed by atoms with Gasteiger partial charge in [-0.1, -0.05) is 20.3 Å². The second-order valence-electron chi connectivity index (χ2n) is 3.15. The van der Waals surface area contributed by atoms with Gasteiger partial charge in [0, 0.05) is 5.92 Å². The van der Waals surface area contributed by atoms with Gasteiger partial charge in [0.05, 0.1) is 10.7 Å². The molecule has 1 aromatic rings. The first-order valence-electron chi connectivity index (χ1n) is 4.44. The van der Waals surface area contributed by atoms with Crippen LogP contribution in [0.25, 0.3) is 0 Å². The predicted octanol–water partition coefficient (Wildman–Crippen LogP) is 3.66. The zero-order valence-electron chi connectivity index (χ0n) is 7.84. The van der Waals surface area contributed by atoms with Crippen molar-refractivity contribution in [2.45, 2.75) is 26.7 Å². The Balaban J connectivity index is 2.73. The van der Waals surface area contributed by atoms with Crippen molar-refractivity contribution < 1.29 is 9.21 Å². The number of Topliss-reactive ketones (excluding diaryl/α,β-unsaturated/α-hetero) is 1. The van der Waals surface area contributed by atoms with Crippen molar-refractivity contribution in [3.63, 3.8) is 0 Å². The van der Waals surface area contributed by atoms with Crippen LogP contribution < -0.4 is 0 Å². The van der Waals surface area contributed by atoms with Crippen molar-refractivity contribution in [3.8, 4) is 0 Å². The first-order chi connectivity index (χ1) is 6.16. The molecule has 1 atom stereocenters. The van der Waals surface area contributed by atoms with Crippen LogP contribution in [0.1, 0.15) is 37.2 Å². The average Bonchev–Trinajstić information content (AvgIpc) is 2.50. The number of carbonyl (C=O) groups excluding carboxylic acids is 1. The Morgan fingerprint density at radius 3 is 2.85 bits per heavy atom. The van der Waals surface area contributed by atoms with Crippen LogP contribution in [-0.2, 0) is 0 Å². The van der Waals surface area contributed by atoms with Gasteiger partial charge in [-0.15, -0.1) is 0 Å². The summed E-state index contributed by atoms with van der Waals surface area (Å²) in [6.45, 7) is 4.00. The number of ketones is 1. The zero-order chi connectivity index (χ0) is 9.84. The fourth-order valence-corrected chi connectivity index (χ4v) is 1.65. The Kier molecular flexibility index (Phi) is 3.72. The molecule has 0 N–H and O–H groups in total. The van der Waals surface area contributed by atoms with Crippen LogP contribution in [0.3, 0.4) is 0 Å². The third-order valence-electron chi connectivity index (χ3n) is 2.01. The first-order valence-corrected chi connectivity index (χ1v) is 5.23. The summed E-state index contributed by atoms with van der Waals surface area (Å²) in [6, 6.07) is 1.74. The molecule has 0 bridgehead atoms. The quantitative estimate of drug-likeness (QED) is 0.757. The first kappa shape index (κ1) is 10.5. The fourth-order valence-electron chi connectivity index (χ4n) is 1.26. The van der Waals surface area contributed by atoms with Gasteiger partial charge >= 0.3 is 0 Å². The maximum Gasteiger partial charge on any atom is 0.201 e. The molecule has 0 saturated heterocycles. The van der Waals surface area contributed by atoms with E-state index in [9.17, 15) is 4.79 Å². The maximum atomic E-state index is 11.7. The average molecular weight is 245 g/mol. The Bertz CT molecular complexity index is 291. The van der Waals surface area contributed by atoms with E-state index in [-0.39, 0.29) is 11.7 Å². The van der Waals surface area contributed by atoms with E-state index in [1.807, 2.05) is 6.92 Å². The van der Waals surface area contributed by atoms with Gasteiger partial charge in [-0.05, 0) is 28.4 Å². The predicted molar refractivity (Wildman–Crippen MR) is 54.8 cm³/mol. The Hall–Kier alpha value is -0.570. The second kappa shape index (κ2) is 4.61. The summed E-state index contributed by atoms with van der Waals surface area (Å²) in [7, 11) is 0. The third kappa shape index (κ3) is 2.44. The molecule has 1 aromatic heterocycles. The van der Waals surface area contributed by atoms with E-state index in [0.29, 0.717) is 5.76 Å². The summed E-state index contributed by atoms with van der Waals surface area (Å²) in [5.74, 6) is 0.576. The van der Waals surface area contributed by atoms with Crippen LogP contribution in [0.5, 0.6) is 0 Å². The number of furan rings is 1. The molecule has 0 amide bonds. The zero-order valence-corrected chi connectivity index (χ0v) is 9.43. The van der Waals surface area contributed by atoms with Crippen molar-refractivity contribution in [2.24, 2.45) is 5.92 Å². The van der Waals surface area contributed by atoms with Crippen LogP contribution in [-0.4, -0.2) is 5.78 Å². The molecule has 1 heterocycles. The molecule has 0 aliphatic heterocycles. The lowest BCUT2D eigenvalue weighted by molar-refractivity contribution is 0.0894. The van der Waals surface area contributed by atoms with Crippen molar-refractivity contribution in [1.29, 1.82) is 0 Å². The summed E-state index contributed by atoms with van der Waals surface area (Å²) >= 11 is 3.27. The van der Waals surface area contributed by atoms with Crippen molar-refractivity contribution in [2.75, 3.05) is 0 Å². The normalized spacial score (nSPS) is 12.8. The molecule has 3 heteroatoms. The molecule has 13 heavy (non-hydrogen) atoms. The SMILES string of the molecule is CCCC(C)C(=O)c1occc1Br. The lowest BCUT2D eigenvalue weighted by atomic mass is 9.99. The van der Waals surface area contributed by atoms with E-state index < -0.39 is 0 Å². The Labute approximate surface area is 86.4 Å². The molecular weight excluding hydrogens is 232 g/mol. The minimum atomic E-state index is 0.0486. The summed E-state index contributed by atoms with van der Waals surface area (Å²) in [5.41, 5.74) is 0. The Morgan fingerprint density at radius 1 is 1.69 bits per heavy atom. The number of carbonyl (C=O) groups is 1. The smallest absolute Gasteiger partial charge is 0.201 e. The van der Waals surface area contributed by atoms with Crippen LogP contribution >= 0.6 is 15.9 Å². The molecule has 1 rings (SSSR count). The molecule has 0 saturated carbocycles. The van der Waals surface area contributed by atoms with Crippen molar-refractivity contribution in [1.82, 2.24) is 0 Å². The molecule has 1 unspecified atom stereocenters. The van der Waals surface area contributed by atoms with E-state index >= 15 is 0 Å². The molecule has 72 valence electrons. The number of hydrogen-bond donors (Lipinski definition) is 0. The summed E-state index contributed by atoms with van der Waals surface area (Å²) in [6.07, 6.45) is 3.45. The highest BCUT2D eigenvalue weighted by Gasteiger charge is 2.19. The van der Waals surface area contributed by atoms with Gasteiger partial charge in [0.2, 0.25) is 5.78 Å². The number of halogens is 1. The molecule has 0 radical (unpaired) electrons. The number of rotatable bonds is 4. The highest BCUT2D eigenvalue weighted by Crippen LogP contribution is 2.22. The fraction of sp³-hybridized carbons (Fsp3) is 0.500. The highest BCUT2D eigenvalue weighted by molar-refractivity contribution is 9.10. The molecular formula is C10H13BrO2. The van der Waals surface area contributed by atoms with Gasteiger partial charge < -0.3 is 4.42 Å². The van der Waals surface area contributed by atoms with E-state index in [1.54, 1.807) is 6.07 Å². The lowest BCUT2D eigenvalue weighted by Crippen LogP contribution is -2.10. The highest BCUT2D eigenvalue weighted by atomic mass is 79.9. The van der Waals surface area contributed by atoms with Crippen LogP contribution in [0.15, 0.2) is 21.2 Å². The molecule has 0 aliphatic carbocycles. The van der Waals surface area contributed by atoms with Crippen LogP contribution in [0, 0.1) is 5.92 Å². The monoisotopic (exact) mass is 244 g/mol. The van der Waals surface area contributed by atoms with E-state index in [1.165, 1.54) is 6.26 Å². The van der Waals surface area contributed by atoms with E-state index in [4.69, 9.17) is 4.42 Å². The van der Waals surface area contributed by atoms with Gasteiger partial charge in [0.1, 0.15) is 0 Å². The Morgan fingerprint density at radius 2 is 2.38 bits per heavy atom. The molecule has 0 aliphatic rings. The van der Waals surface area contributed by atoms with Gasteiger partial charge in [-0.2, -0.15) is 0 Å². The van der Waals surface area contributed by atoms with Crippen LogP contribution in [0.4, 0.5) is 0 Å². The lowest BCUT2D eigenvalue weighted by Gasteiger charge is -2.06. The third-order valence-corrected chi connectivity index (χ3v) is 2.63. The standard InChI is InChI=1S/C10H13BrO2/c1-3-4-7(2)9(12)10-8(11)5-6-13-10/h5-7H,3-4H2,1-2H3. The van der Waals surface area contributed by atoms with Crippen LogP contribution in [0.2, 0.25) is 0 Å². The minimum absolute atomic E-state index is 0.0486. The van der Waals surface area contributed by atoms with Crippen molar-refractivity contribution in [3.05, 3.63) is 22.6 Å².